The maximum Gasteiger partial charge on any atom is 0.251 e. The molecule has 1 aliphatic rings. The summed E-state index contributed by atoms with van der Waals surface area (Å²) >= 11 is 0. The van der Waals surface area contributed by atoms with Gasteiger partial charge >= 0.3 is 0 Å². The summed E-state index contributed by atoms with van der Waals surface area (Å²) in [4.78, 5) is 12.8. The normalized spacial score (nSPS) is 15.0. The van der Waals surface area contributed by atoms with Crippen LogP contribution in [0.2, 0.25) is 0 Å². The number of carbonyl (C=O) groups excluding carboxylic acids is 1. The molecule has 0 radical (unpaired) electrons. The summed E-state index contributed by atoms with van der Waals surface area (Å²) in [7, 11) is -3.52. The van der Waals surface area contributed by atoms with E-state index >= 15 is 0 Å². The van der Waals surface area contributed by atoms with Gasteiger partial charge in [-0.15, -0.1) is 0 Å². The Morgan fingerprint density at radius 1 is 1.07 bits per heavy atom. The number of amides is 1. The van der Waals surface area contributed by atoms with Gasteiger partial charge in [0, 0.05) is 25.2 Å². The third kappa shape index (κ3) is 4.76. The van der Waals surface area contributed by atoms with E-state index in [2.05, 4.69) is 17.4 Å². The molecule has 1 saturated heterocycles. The zero-order valence-corrected chi connectivity index (χ0v) is 16.5. The second-order valence-electron chi connectivity index (χ2n) is 6.93. The van der Waals surface area contributed by atoms with Crippen molar-refractivity contribution in [3.05, 3.63) is 65.2 Å². The molecular weight excluding hydrogens is 360 g/mol. The van der Waals surface area contributed by atoms with Crippen molar-refractivity contribution >= 4 is 15.9 Å². The number of rotatable bonds is 7. The van der Waals surface area contributed by atoms with Crippen LogP contribution in [0, 0.1) is 6.92 Å². The number of hydrogen-bond acceptors (Lipinski definition) is 3. The molecule has 1 amide bonds. The Balaban J connectivity index is 1.64. The van der Waals surface area contributed by atoms with Crippen molar-refractivity contribution in [2.24, 2.45) is 0 Å². The highest BCUT2D eigenvalue weighted by Crippen LogP contribution is 2.23. The fraction of sp³-hybridized carbons (Fsp3) is 0.381. The van der Waals surface area contributed by atoms with E-state index in [1.165, 1.54) is 15.9 Å². The van der Waals surface area contributed by atoms with E-state index in [0.717, 1.165) is 31.2 Å². The average Bonchev–Trinajstić information content (AvgIpc) is 3.22. The van der Waals surface area contributed by atoms with E-state index in [9.17, 15) is 13.2 Å². The minimum atomic E-state index is -3.52. The molecule has 6 heteroatoms. The van der Waals surface area contributed by atoms with Gasteiger partial charge < -0.3 is 5.32 Å². The standard InChI is InChI=1S/C21H26N2O3S/c1-17-11-12-19(27(25,26)23-14-5-6-15-23)16-20(17)21(24)22-13-7-10-18-8-3-2-4-9-18/h2-4,8-9,11-12,16H,5-7,10,13-15H2,1H3,(H,22,24). The third-order valence-corrected chi connectivity index (χ3v) is 6.82. The number of sulfonamides is 1. The maximum absolute atomic E-state index is 12.7. The highest BCUT2D eigenvalue weighted by atomic mass is 32.2. The van der Waals surface area contributed by atoms with Crippen molar-refractivity contribution in [3.63, 3.8) is 0 Å². The summed E-state index contributed by atoms with van der Waals surface area (Å²) in [5.74, 6) is -0.223. The number of carbonyl (C=O) groups is 1. The quantitative estimate of drug-likeness (QED) is 0.744. The van der Waals surface area contributed by atoms with Crippen LogP contribution in [-0.4, -0.2) is 38.3 Å². The van der Waals surface area contributed by atoms with E-state index in [1.807, 2.05) is 25.1 Å². The van der Waals surface area contributed by atoms with Crippen LogP contribution in [-0.2, 0) is 16.4 Å². The van der Waals surface area contributed by atoms with E-state index in [0.29, 0.717) is 25.2 Å². The Labute approximate surface area is 161 Å². The van der Waals surface area contributed by atoms with Crippen molar-refractivity contribution < 1.29 is 13.2 Å². The van der Waals surface area contributed by atoms with E-state index in [4.69, 9.17) is 0 Å². The summed E-state index contributed by atoms with van der Waals surface area (Å²) in [6.07, 6.45) is 3.50. The van der Waals surface area contributed by atoms with Crippen LogP contribution in [0.1, 0.15) is 40.7 Å². The average molecular weight is 387 g/mol. The highest BCUT2D eigenvalue weighted by molar-refractivity contribution is 7.89. The number of hydrogen-bond donors (Lipinski definition) is 1. The summed E-state index contributed by atoms with van der Waals surface area (Å²) in [5, 5.41) is 2.91. The summed E-state index contributed by atoms with van der Waals surface area (Å²) in [5.41, 5.74) is 2.44. The van der Waals surface area contributed by atoms with Gasteiger partial charge in [-0.1, -0.05) is 36.4 Å². The van der Waals surface area contributed by atoms with Crippen molar-refractivity contribution in [2.45, 2.75) is 37.5 Å². The van der Waals surface area contributed by atoms with Crippen LogP contribution in [0.15, 0.2) is 53.4 Å². The Kier molecular flexibility index (Phi) is 6.29. The van der Waals surface area contributed by atoms with Gasteiger partial charge in [0.05, 0.1) is 4.90 Å². The topological polar surface area (TPSA) is 66.5 Å². The number of aryl methyl sites for hydroxylation is 2. The molecule has 0 spiro atoms. The molecule has 3 rings (SSSR count). The molecule has 0 unspecified atom stereocenters. The first-order chi connectivity index (χ1) is 13.0. The molecule has 0 aromatic heterocycles. The zero-order chi connectivity index (χ0) is 19.3. The molecule has 0 aliphatic carbocycles. The zero-order valence-electron chi connectivity index (χ0n) is 15.6. The SMILES string of the molecule is Cc1ccc(S(=O)(=O)N2CCCC2)cc1C(=O)NCCCc1ccccc1. The van der Waals surface area contributed by atoms with Crippen LogP contribution in [0.4, 0.5) is 0 Å². The van der Waals surface area contributed by atoms with E-state index < -0.39 is 10.0 Å². The van der Waals surface area contributed by atoms with Crippen LogP contribution >= 0.6 is 0 Å². The number of nitrogens with zero attached hydrogens (tertiary/aromatic N) is 1. The molecule has 1 heterocycles. The fourth-order valence-electron chi connectivity index (χ4n) is 3.32. The van der Waals surface area contributed by atoms with Crippen molar-refractivity contribution in [1.29, 1.82) is 0 Å². The monoisotopic (exact) mass is 386 g/mol. The fourth-order valence-corrected chi connectivity index (χ4v) is 4.86. The van der Waals surface area contributed by atoms with Gasteiger partial charge in [-0.2, -0.15) is 4.31 Å². The van der Waals surface area contributed by atoms with Crippen molar-refractivity contribution in [1.82, 2.24) is 9.62 Å². The molecule has 2 aromatic carbocycles. The van der Waals surface area contributed by atoms with Gasteiger partial charge in [-0.25, -0.2) is 8.42 Å². The molecule has 144 valence electrons. The largest absolute Gasteiger partial charge is 0.352 e. The van der Waals surface area contributed by atoms with Gasteiger partial charge in [0.1, 0.15) is 0 Å². The smallest absolute Gasteiger partial charge is 0.251 e. The minimum absolute atomic E-state index is 0.199. The summed E-state index contributed by atoms with van der Waals surface area (Å²) in [6.45, 7) is 3.48. The highest BCUT2D eigenvalue weighted by Gasteiger charge is 2.28. The van der Waals surface area contributed by atoms with Gasteiger partial charge in [-0.3, -0.25) is 4.79 Å². The first-order valence-corrected chi connectivity index (χ1v) is 10.9. The van der Waals surface area contributed by atoms with Crippen molar-refractivity contribution in [3.8, 4) is 0 Å². The molecule has 5 nitrogen and oxygen atoms in total. The number of nitrogens with one attached hydrogen (secondary N) is 1. The first-order valence-electron chi connectivity index (χ1n) is 9.41. The molecule has 0 saturated carbocycles. The van der Waals surface area contributed by atoms with Crippen molar-refractivity contribution in [2.75, 3.05) is 19.6 Å². The number of benzene rings is 2. The molecule has 0 atom stereocenters. The predicted octanol–water partition coefficient (Wildman–Crippen LogP) is 3.14. The van der Waals surface area contributed by atoms with E-state index in [-0.39, 0.29) is 10.8 Å². The van der Waals surface area contributed by atoms with Crippen LogP contribution in [0.5, 0.6) is 0 Å². The van der Waals surface area contributed by atoms with Crippen LogP contribution in [0.3, 0.4) is 0 Å². The lowest BCUT2D eigenvalue weighted by Gasteiger charge is -2.17. The lowest BCUT2D eigenvalue weighted by Crippen LogP contribution is -2.29. The lowest BCUT2D eigenvalue weighted by molar-refractivity contribution is 0.0952. The second-order valence-corrected chi connectivity index (χ2v) is 8.87. The van der Waals surface area contributed by atoms with Crippen LogP contribution in [0.25, 0.3) is 0 Å². The van der Waals surface area contributed by atoms with Crippen LogP contribution < -0.4 is 5.32 Å². The molecule has 1 aliphatic heterocycles. The summed E-state index contributed by atoms with van der Waals surface area (Å²) < 4.78 is 27.0. The molecule has 1 N–H and O–H groups in total. The Morgan fingerprint density at radius 3 is 2.48 bits per heavy atom. The molecule has 27 heavy (non-hydrogen) atoms. The minimum Gasteiger partial charge on any atom is -0.352 e. The molecule has 1 fully saturated rings. The Morgan fingerprint density at radius 2 is 1.78 bits per heavy atom. The first kappa shape index (κ1) is 19.6. The predicted molar refractivity (Wildman–Crippen MR) is 106 cm³/mol. The lowest BCUT2D eigenvalue weighted by atomic mass is 10.1. The molecule has 2 aromatic rings. The van der Waals surface area contributed by atoms with Gasteiger partial charge in [0.25, 0.3) is 5.91 Å². The van der Waals surface area contributed by atoms with Gasteiger partial charge in [-0.05, 0) is 55.9 Å². The third-order valence-electron chi connectivity index (χ3n) is 4.93. The van der Waals surface area contributed by atoms with Gasteiger partial charge in [0.15, 0.2) is 0 Å². The maximum atomic E-state index is 12.7. The molecular formula is C21H26N2O3S. The Hall–Kier alpha value is -2.18. The van der Waals surface area contributed by atoms with Gasteiger partial charge in [0.2, 0.25) is 10.0 Å². The summed E-state index contributed by atoms with van der Waals surface area (Å²) in [6, 6.07) is 14.9. The van der Waals surface area contributed by atoms with E-state index in [1.54, 1.807) is 12.1 Å². The second kappa shape index (κ2) is 8.67. The molecule has 0 bridgehead atoms. The Bertz CT molecular complexity index is 889.